The number of thioether (sulfide) groups is 1. The summed E-state index contributed by atoms with van der Waals surface area (Å²) in [5, 5.41) is 4.61. The van der Waals surface area contributed by atoms with Crippen molar-refractivity contribution in [2.45, 2.75) is 43.4 Å². The Morgan fingerprint density at radius 2 is 1.84 bits per heavy atom. The molecule has 2 rings (SSSR count). The maximum atomic E-state index is 5.17. The number of ether oxygens (including phenoxy) is 1. The molecule has 2 nitrogen and oxygen atoms in total. The molecule has 3 heteroatoms. The molecule has 106 valence electrons. The van der Waals surface area contributed by atoms with Crippen LogP contribution in [0.25, 0.3) is 0 Å². The van der Waals surface area contributed by atoms with Crippen molar-refractivity contribution in [3.05, 3.63) is 29.8 Å². The second kappa shape index (κ2) is 7.81. The molecule has 1 aromatic carbocycles. The first kappa shape index (κ1) is 14.7. The van der Waals surface area contributed by atoms with Crippen molar-refractivity contribution >= 4 is 11.8 Å². The fourth-order valence-electron chi connectivity index (χ4n) is 2.72. The van der Waals surface area contributed by atoms with Gasteiger partial charge >= 0.3 is 0 Å². The van der Waals surface area contributed by atoms with E-state index in [1.807, 2.05) is 23.9 Å². The van der Waals surface area contributed by atoms with Crippen molar-refractivity contribution in [3.63, 3.8) is 0 Å². The third-order valence-corrected chi connectivity index (χ3v) is 5.15. The summed E-state index contributed by atoms with van der Waals surface area (Å²) in [6.07, 6.45) is 8.78. The minimum atomic E-state index is 0.738. The van der Waals surface area contributed by atoms with Crippen molar-refractivity contribution in [1.82, 2.24) is 5.32 Å². The molecule has 0 radical (unpaired) electrons. The molecule has 0 aromatic heterocycles. The molecule has 1 fully saturated rings. The van der Waals surface area contributed by atoms with Crippen LogP contribution in [0.1, 0.15) is 31.2 Å². The third kappa shape index (κ3) is 4.73. The zero-order valence-electron chi connectivity index (χ0n) is 12.0. The van der Waals surface area contributed by atoms with Crippen LogP contribution in [0.3, 0.4) is 0 Å². The molecule has 1 N–H and O–H groups in total. The maximum absolute atomic E-state index is 5.17. The molecule has 1 saturated carbocycles. The van der Waals surface area contributed by atoms with Crippen LogP contribution in [-0.4, -0.2) is 31.2 Å². The van der Waals surface area contributed by atoms with Crippen LogP contribution in [0.15, 0.2) is 24.3 Å². The normalized spacial score (nSPS) is 23.3. The van der Waals surface area contributed by atoms with Gasteiger partial charge in [-0.1, -0.05) is 12.1 Å². The van der Waals surface area contributed by atoms with E-state index in [-0.39, 0.29) is 0 Å². The average Bonchev–Trinajstić information content (AvgIpc) is 2.49. The zero-order chi connectivity index (χ0) is 13.5. The van der Waals surface area contributed by atoms with E-state index in [9.17, 15) is 0 Å². The molecule has 0 saturated heterocycles. The maximum Gasteiger partial charge on any atom is 0.118 e. The Bertz CT molecular complexity index is 358. The van der Waals surface area contributed by atoms with E-state index in [0.29, 0.717) is 0 Å². The van der Waals surface area contributed by atoms with Gasteiger partial charge in [-0.25, -0.2) is 0 Å². The highest BCUT2D eigenvalue weighted by Gasteiger charge is 2.19. The van der Waals surface area contributed by atoms with Gasteiger partial charge in [0.15, 0.2) is 0 Å². The summed E-state index contributed by atoms with van der Waals surface area (Å²) in [4.78, 5) is 0. The summed E-state index contributed by atoms with van der Waals surface area (Å²) in [5.41, 5.74) is 1.38. The first-order valence-electron chi connectivity index (χ1n) is 7.21. The first-order valence-corrected chi connectivity index (χ1v) is 8.49. The Labute approximate surface area is 121 Å². The van der Waals surface area contributed by atoms with Gasteiger partial charge in [0.2, 0.25) is 0 Å². The molecular weight excluding hydrogens is 254 g/mol. The molecule has 19 heavy (non-hydrogen) atoms. The molecule has 0 atom stereocenters. The predicted molar refractivity (Wildman–Crippen MR) is 84.3 cm³/mol. The average molecular weight is 279 g/mol. The van der Waals surface area contributed by atoms with E-state index in [4.69, 9.17) is 4.74 Å². The largest absolute Gasteiger partial charge is 0.497 e. The SMILES string of the molecule is COc1ccc(CCNC2CCC(SC)CC2)cc1. The number of nitrogens with one attached hydrogen (secondary N) is 1. The lowest BCUT2D eigenvalue weighted by molar-refractivity contribution is 0.382. The van der Waals surface area contributed by atoms with Crippen LogP contribution in [0, 0.1) is 0 Å². The summed E-state index contributed by atoms with van der Waals surface area (Å²) in [5.74, 6) is 0.937. The lowest BCUT2D eigenvalue weighted by Crippen LogP contribution is -2.35. The second-order valence-electron chi connectivity index (χ2n) is 5.26. The van der Waals surface area contributed by atoms with Gasteiger partial charge in [0.25, 0.3) is 0 Å². The van der Waals surface area contributed by atoms with Gasteiger partial charge in [-0.05, 0) is 62.6 Å². The van der Waals surface area contributed by atoms with Gasteiger partial charge in [0.05, 0.1) is 7.11 Å². The fraction of sp³-hybridized carbons (Fsp3) is 0.625. The van der Waals surface area contributed by atoms with Gasteiger partial charge in [0, 0.05) is 11.3 Å². The van der Waals surface area contributed by atoms with Gasteiger partial charge in [0.1, 0.15) is 5.75 Å². The lowest BCUT2D eigenvalue weighted by atomic mass is 9.95. The van der Waals surface area contributed by atoms with Crippen LogP contribution < -0.4 is 10.1 Å². The Morgan fingerprint density at radius 1 is 1.16 bits per heavy atom. The van der Waals surface area contributed by atoms with E-state index >= 15 is 0 Å². The minimum Gasteiger partial charge on any atom is -0.497 e. The van der Waals surface area contributed by atoms with Crippen LogP contribution in [-0.2, 0) is 6.42 Å². The summed E-state index contributed by atoms with van der Waals surface area (Å²) in [7, 11) is 1.71. The first-order chi connectivity index (χ1) is 9.31. The standard InChI is InChI=1S/C16H25NOS/c1-18-15-7-3-13(4-8-15)11-12-17-14-5-9-16(19-2)10-6-14/h3-4,7-8,14,16-17H,5-6,9-12H2,1-2H3. The van der Waals surface area contributed by atoms with Crippen LogP contribution in [0.2, 0.25) is 0 Å². The van der Waals surface area contributed by atoms with Crippen molar-refractivity contribution in [1.29, 1.82) is 0 Å². The molecule has 1 aromatic rings. The quantitative estimate of drug-likeness (QED) is 0.861. The van der Waals surface area contributed by atoms with E-state index < -0.39 is 0 Å². The highest BCUT2D eigenvalue weighted by molar-refractivity contribution is 7.99. The second-order valence-corrected chi connectivity index (χ2v) is 6.40. The van der Waals surface area contributed by atoms with Crippen molar-refractivity contribution in [2.75, 3.05) is 19.9 Å². The Morgan fingerprint density at radius 3 is 2.42 bits per heavy atom. The summed E-state index contributed by atoms with van der Waals surface area (Å²) in [6, 6.07) is 9.13. The Balaban J connectivity index is 1.66. The van der Waals surface area contributed by atoms with Crippen LogP contribution in [0.5, 0.6) is 5.75 Å². The third-order valence-electron chi connectivity index (χ3n) is 4.01. The summed E-state index contributed by atoms with van der Waals surface area (Å²) >= 11 is 2.03. The molecule has 1 aliphatic carbocycles. The van der Waals surface area contributed by atoms with Gasteiger partial charge in [-0.2, -0.15) is 11.8 Å². The summed E-state index contributed by atoms with van der Waals surface area (Å²) in [6.45, 7) is 1.08. The molecule has 0 bridgehead atoms. The number of hydrogen-bond acceptors (Lipinski definition) is 3. The molecule has 0 aliphatic heterocycles. The number of methoxy groups -OCH3 is 1. The molecule has 1 aliphatic rings. The molecular formula is C16H25NOS. The van der Waals surface area contributed by atoms with Gasteiger partial charge in [-0.15, -0.1) is 0 Å². The zero-order valence-corrected chi connectivity index (χ0v) is 12.8. The smallest absolute Gasteiger partial charge is 0.118 e. The van der Waals surface area contributed by atoms with Gasteiger partial charge in [-0.3, -0.25) is 0 Å². The fourth-order valence-corrected chi connectivity index (χ4v) is 3.46. The highest BCUT2D eigenvalue weighted by atomic mass is 32.2. The van der Waals surface area contributed by atoms with Crippen molar-refractivity contribution in [2.24, 2.45) is 0 Å². The Kier molecular flexibility index (Phi) is 6.05. The molecule has 0 unspecified atom stereocenters. The molecule has 0 heterocycles. The minimum absolute atomic E-state index is 0.738. The van der Waals surface area contributed by atoms with E-state index in [1.165, 1.54) is 31.2 Å². The number of benzene rings is 1. The lowest BCUT2D eigenvalue weighted by Gasteiger charge is -2.28. The topological polar surface area (TPSA) is 21.3 Å². The van der Waals surface area contributed by atoms with Crippen LogP contribution in [0.4, 0.5) is 0 Å². The van der Waals surface area contributed by atoms with Crippen LogP contribution >= 0.6 is 11.8 Å². The Hall–Kier alpha value is -0.670. The van der Waals surface area contributed by atoms with E-state index in [0.717, 1.165) is 30.0 Å². The van der Waals surface area contributed by atoms with Crippen molar-refractivity contribution < 1.29 is 4.74 Å². The monoisotopic (exact) mass is 279 g/mol. The number of rotatable bonds is 6. The van der Waals surface area contributed by atoms with E-state index in [2.05, 4.69) is 23.7 Å². The molecule has 0 amide bonds. The number of hydrogen-bond donors (Lipinski definition) is 1. The molecule has 0 spiro atoms. The summed E-state index contributed by atoms with van der Waals surface area (Å²) < 4.78 is 5.17. The van der Waals surface area contributed by atoms with Gasteiger partial charge < -0.3 is 10.1 Å². The predicted octanol–water partition coefficient (Wildman–Crippen LogP) is 3.50. The highest BCUT2D eigenvalue weighted by Crippen LogP contribution is 2.26. The van der Waals surface area contributed by atoms with Crippen molar-refractivity contribution in [3.8, 4) is 5.75 Å². The van der Waals surface area contributed by atoms with E-state index in [1.54, 1.807) is 7.11 Å².